The fraction of sp³-hybridized carbons (Fsp3) is 0.737. The molecular formula is C19H23NO8. The van der Waals surface area contributed by atoms with E-state index in [2.05, 4.69) is 0 Å². The number of carbonyl (C=O) groups is 4. The number of nitriles is 1. The number of fused-ring (bicyclic) bond motifs is 1. The van der Waals surface area contributed by atoms with E-state index in [1.807, 2.05) is 13.0 Å². The molecule has 152 valence electrons. The van der Waals surface area contributed by atoms with Crippen LogP contribution in [-0.2, 0) is 38.1 Å². The predicted octanol–water partition coefficient (Wildman–Crippen LogP) is 0.752. The van der Waals surface area contributed by atoms with Gasteiger partial charge in [-0.2, -0.15) is 5.26 Å². The minimum atomic E-state index is -1.59. The van der Waals surface area contributed by atoms with Crippen LogP contribution in [-0.4, -0.2) is 49.8 Å². The maximum Gasteiger partial charge on any atom is 0.344 e. The smallest absolute Gasteiger partial charge is 0.344 e. The van der Waals surface area contributed by atoms with Crippen molar-refractivity contribution in [2.75, 3.05) is 13.7 Å². The van der Waals surface area contributed by atoms with Crippen LogP contribution in [0, 0.1) is 39.9 Å². The summed E-state index contributed by atoms with van der Waals surface area (Å²) in [5, 5.41) is 9.64. The van der Waals surface area contributed by atoms with Gasteiger partial charge >= 0.3 is 23.9 Å². The molecule has 1 heterocycles. The van der Waals surface area contributed by atoms with Gasteiger partial charge in [-0.15, -0.1) is 0 Å². The van der Waals surface area contributed by atoms with Gasteiger partial charge < -0.3 is 18.9 Å². The summed E-state index contributed by atoms with van der Waals surface area (Å²) in [4.78, 5) is 48.9. The molecular weight excluding hydrogens is 370 g/mol. The molecule has 1 saturated heterocycles. The van der Waals surface area contributed by atoms with Crippen LogP contribution in [0.1, 0.15) is 33.6 Å². The molecule has 6 atom stereocenters. The maximum atomic E-state index is 12.4. The van der Waals surface area contributed by atoms with Gasteiger partial charge in [0, 0.05) is 11.8 Å². The van der Waals surface area contributed by atoms with Gasteiger partial charge in [0.05, 0.1) is 24.5 Å². The second-order valence-electron chi connectivity index (χ2n) is 8.13. The number of hydrogen-bond acceptors (Lipinski definition) is 9. The molecule has 1 aliphatic heterocycles. The molecule has 0 aromatic carbocycles. The molecule has 0 aromatic rings. The summed E-state index contributed by atoms with van der Waals surface area (Å²) in [7, 11) is 1.17. The Morgan fingerprint density at radius 1 is 1.36 bits per heavy atom. The maximum absolute atomic E-state index is 12.4. The molecule has 3 aliphatic rings. The second kappa shape index (κ2) is 6.76. The van der Waals surface area contributed by atoms with Gasteiger partial charge in [-0.05, 0) is 26.7 Å². The third-order valence-electron chi connectivity index (χ3n) is 6.42. The summed E-state index contributed by atoms with van der Waals surface area (Å²) in [5.41, 5.74) is -2.32. The van der Waals surface area contributed by atoms with E-state index >= 15 is 0 Å². The van der Waals surface area contributed by atoms with Crippen LogP contribution in [0.4, 0.5) is 0 Å². The molecule has 0 radical (unpaired) electrons. The molecule has 9 heteroatoms. The van der Waals surface area contributed by atoms with E-state index in [0.717, 1.165) is 0 Å². The zero-order chi connectivity index (χ0) is 20.9. The van der Waals surface area contributed by atoms with E-state index in [0.29, 0.717) is 12.8 Å². The van der Waals surface area contributed by atoms with Crippen LogP contribution in [0.15, 0.2) is 0 Å². The van der Waals surface area contributed by atoms with E-state index in [9.17, 15) is 24.4 Å². The first-order chi connectivity index (χ1) is 13.1. The molecule has 0 spiro atoms. The van der Waals surface area contributed by atoms with Crippen LogP contribution in [0.3, 0.4) is 0 Å². The molecule has 9 nitrogen and oxygen atoms in total. The zero-order valence-electron chi connectivity index (χ0n) is 16.2. The Bertz CT molecular complexity index is 768. The highest BCUT2D eigenvalue weighted by atomic mass is 16.6. The average Bonchev–Trinajstić information content (AvgIpc) is 3.25. The summed E-state index contributed by atoms with van der Waals surface area (Å²) in [6.07, 6.45) is -0.788. The van der Waals surface area contributed by atoms with E-state index in [1.54, 1.807) is 13.8 Å². The highest BCUT2D eigenvalue weighted by Gasteiger charge is 2.79. The topological polar surface area (TPSA) is 129 Å². The fourth-order valence-electron chi connectivity index (χ4n) is 4.51. The number of nitrogens with zero attached hydrogens (tertiary/aromatic N) is 1. The Kier molecular flexibility index (Phi) is 4.86. The van der Waals surface area contributed by atoms with Gasteiger partial charge in [0.1, 0.15) is 12.2 Å². The standard InChI is InChI=1S/C19H23NO8/c1-5-18(2,3)16(23)26-7-11(21)27-13-9-6-10-14(13)28-17(24)19(10,8-20)12(9)15(22)25-4/h9-10,12-14H,5-7H2,1-4H3. The summed E-state index contributed by atoms with van der Waals surface area (Å²) >= 11 is 0. The predicted molar refractivity (Wildman–Crippen MR) is 89.9 cm³/mol. The first kappa shape index (κ1) is 20.1. The first-order valence-corrected chi connectivity index (χ1v) is 9.20. The molecule has 0 N–H and O–H groups in total. The van der Waals surface area contributed by atoms with Crippen LogP contribution >= 0.6 is 0 Å². The van der Waals surface area contributed by atoms with Gasteiger partial charge in [0.15, 0.2) is 12.0 Å². The Morgan fingerprint density at radius 3 is 2.61 bits per heavy atom. The quantitative estimate of drug-likeness (QED) is 0.474. The Hall–Kier alpha value is -2.63. The minimum absolute atomic E-state index is 0.338. The molecule has 2 aliphatic carbocycles. The molecule has 3 fully saturated rings. The molecule has 3 rings (SSSR count). The Labute approximate surface area is 162 Å². The third kappa shape index (κ3) is 2.65. The van der Waals surface area contributed by atoms with Crippen LogP contribution in [0.5, 0.6) is 0 Å². The largest absolute Gasteiger partial charge is 0.469 e. The number of ether oxygens (including phenoxy) is 4. The summed E-state index contributed by atoms with van der Waals surface area (Å²) in [5.74, 6) is -4.98. The van der Waals surface area contributed by atoms with Crippen LogP contribution in [0.25, 0.3) is 0 Å². The molecule has 2 bridgehead atoms. The van der Waals surface area contributed by atoms with Crippen LogP contribution in [0.2, 0.25) is 0 Å². The molecule has 28 heavy (non-hydrogen) atoms. The SMILES string of the molecule is CCC(C)(C)C(=O)OCC(=O)OC1C2CC3C1OC(=O)C3(C#N)C2C(=O)OC. The van der Waals surface area contributed by atoms with Crippen molar-refractivity contribution in [1.29, 1.82) is 5.26 Å². The number of hydrogen-bond donors (Lipinski definition) is 0. The van der Waals surface area contributed by atoms with E-state index in [4.69, 9.17) is 18.9 Å². The Morgan fingerprint density at radius 2 is 2.04 bits per heavy atom. The van der Waals surface area contributed by atoms with Crippen molar-refractivity contribution in [3.05, 3.63) is 0 Å². The molecule has 2 saturated carbocycles. The summed E-state index contributed by atoms with van der Waals surface area (Å²) < 4.78 is 20.5. The highest BCUT2D eigenvalue weighted by Crippen LogP contribution is 2.65. The summed E-state index contributed by atoms with van der Waals surface area (Å²) in [6.45, 7) is 4.66. The second-order valence-corrected chi connectivity index (χ2v) is 8.13. The minimum Gasteiger partial charge on any atom is -0.469 e. The lowest BCUT2D eigenvalue weighted by molar-refractivity contribution is -0.175. The number of rotatable bonds is 6. The first-order valence-electron chi connectivity index (χ1n) is 9.20. The molecule has 6 unspecified atom stereocenters. The number of carbonyl (C=O) groups excluding carboxylic acids is 4. The van der Waals surface area contributed by atoms with Crippen molar-refractivity contribution in [2.45, 2.75) is 45.8 Å². The van der Waals surface area contributed by atoms with Gasteiger partial charge in [-0.1, -0.05) is 6.92 Å². The zero-order valence-corrected chi connectivity index (χ0v) is 16.2. The van der Waals surface area contributed by atoms with Crippen molar-refractivity contribution >= 4 is 23.9 Å². The van der Waals surface area contributed by atoms with Crippen molar-refractivity contribution in [3.8, 4) is 6.07 Å². The molecule has 0 aromatic heterocycles. The van der Waals surface area contributed by atoms with Crippen molar-refractivity contribution in [1.82, 2.24) is 0 Å². The van der Waals surface area contributed by atoms with Crippen molar-refractivity contribution in [2.24, 2.45) is 28.6 Å². The van der Waals surface area contributed by atoms with Crippen molar-refractivity contribution in [3.63, 3.8) is 0 Å². The monoisotopic (exact) mass is 393 g/mol. The van der Waals surface area contributed by atoms with Gasteiger partial charge in [-0.25, -0.2) is 4.79 Å². The third-order valence-corrected chi connectivity index (χ3v) is 6.42. The lowest BCUT2D eigenvalue weighted by atomic mass is 9.67. The average molecular weight is 393 g/mol. The molecule has 0 amide bonds. The fourth-order valence-corrected chi connectivity index (χ4v) is 4.51. The normalized spacial score (nSPS) is 35.1. The van der Waals surface area contributed by atoms with Crippen LogP contribution < -0.4 is 0 Å². The summed E-state index contributed by atoms with van der Waals surface area (Å²) in [6, 6.07) is 1.97. The van der Waals surface area contributed by atoms with E-state index < -0.39 is 71.3 Å². The number of esters is 4. The lowest BCUT2D eigenvalue weighted by Crippen LogP contribution is -2.49. The van der Waals surface area contributed by atoms with E-state index in [1.165, 1.54) is 7.11 Å². The van der Waals surface area contributed by atoms with Crippen molar-refractivity contribution < 1.29 is 38.1 Å². The highest BCUT2D eigenvalue weighted by molar-refractivity contribution is 5.92. The van der Waals surface area contributed by atoms with E-state index in [-0.39, 0.29) is 0 Å². The number of methoxy groups -OCH3 is 1. The van der Waals surface area contributed by atoms with Gasteiger partial charge in [0.25, 0.3) is 0 Å². The van der Waals surface area contributed by atoms with Gasteiger partial charge in [0.2, 0.25) is 0 Å². The Balaban J connectivity index is 1.73. The lowest BCUT2D eigenvalue weighted by Gasteiger charge is -2.33. The van der Waals surface area contributed by atoms with Gasteiger partial charge in [-0.3, -0.25) is 14.4 Å².